The Hall–Kier alpha value is -3.46. The van der Waals surface area contributed by atoms with Crippen LogP contribution in [-0.2, 0) is 16.0 Å². The fourth-order valence-corrected chi connectivity index (χ4v) is 3.84. The number of nitrogens with one attached hydrogen (secondary N) is 1. The van der Waals surface area contributed by atoms with Gasteiger partial charge in [0.15, 0.2) is 0 Å². The van der Waals surface area contributed by atoms with Crippen LogP contribution in [0.4, 0.5) is 10.1 Å². The molecule has 1 saturated heterocycles. The van der Waals surface area contributed by atoms with Crippen molar-refractivity contribution in [1.82, 2.24) is 20.4 Å². The van der Waals surface area contributed by atoms with Crippen molar-refractivity contribution in [3.63, 3.8) is 0 Å². The maximum atomic E-state index is 13.4. The minimum absolute atomic E-state index is 0.0519. The van der Waals surface area contributed by atoms with Gasteiger partial charge in [-0.3, -0.25) is 9.59 Å². The first kappa shape index (κ1) is 23.7. The lowest BCUT2D eigenvalue weighted by Crippen LogP contribution is -2.51. The van der Waals surface area contributed by atoms with Crippen LogP contribution < -0.4 is 10.2 Å². The molecule has 1 aliphatic heterocycles. The Balaban J connectivity index is 1.19. The first-order valence-corrected chi connectivity index (χ1v) is 11.4. The second-order valence-electron chi connectivity index (χ2n) is 8.10. The molecule has 1 fully saturated rings. The molecule has 2 aromatic carbocycles. The molecule has 1 aliphatic rings. The van der Waals surface area contributed by atoms with Gasteiger partial charge in [0, 0.05) is 55.3 Å². The largest absolute Gasteiger partial charge is 0.368 e. The van der Waals surface area contributed by atoms with Gasteiger partial charge in [0.2, 0.25) is 23.5 Å². The number of carbonyl (C=O) groups is 2. The minimum atomic E-state index is -0.304. The van der Waals surface area contributed by atoms with E-state index < -0.39 is 0 Å². The van der Waals surface area contributed by atoms with E-state index >= 15 is 0 Å². The van der Waals surface area contributed by atoms with Crippen LogP contribution in [0.15, 0.2) is 47.0 Å². The zero-order valence-corrected chi connectivity index (χ0v) is 19.5. The second-order valence-corrected chi connectivity index (χ2v) is 8.53. The third-order valence-electron chi connectivity index (χ3n) is 5.71. The van der Waals surface area contributed by atoms with Crippen molar-refractivity contribution >= 4 is 29.1 Å². The number of aryl methyl sites for hydroxylation is 2. The molecule has 0 atom stereocenters. The molecular weight excluding hydrogens is 461 g/mol. The highest BCUT2D eigenvalue weighted by atomic mass is 35.5. The Morgan fingerprint density at radius 3 is 2.56 bits per heavy atom. The average Bonchev–Trinajstić information content (AvgIpc) is 3.33. The molecule has 8 nitrogen and oxygen atoms in total. The highest BCUT2D eigenvalue weighted by Crippen LogP contribution is 2.20. The van der Waals surface area contributed by atoms with E-state index in [4.69, 9.17) is 16.1 Å². The Bertz CT molecular complexity index is 1160. The number of carbonyl (C=O) groups excluding carboxylic acids is 2. The number of aromatic nitrogens is 2. The normalized spacial score (nSPS) is 13.7. The summed E-state index contributed by atoms with van der Waals surface area (Å²) in [5.74, 6) is -0.0493. The van der Waals surface area contributed by atoms with Gasteiger partial charge in [-0.25, -0.2) is 4.39 Å². The van der Waals surface area contributed by atoms with Gasteiger partial charge in [0.1, 0.15) is 5.82 Å². The third kappa shape index (κ3) is 5.91. The van der Waals surface area contributed by atoms with Gasteiger partial charge in [-0.1, -0.05) is 16.8 Å². The number of hydrogen-bond donors (Lipinski definition) is 1. The van der Waals surface area contributed by atoms with Crippen molar-refractivity contribution in [3.05, 3.63) is 64.8 Å². The third-order valence-corrected chi connectivity index (χ3v) is 5.96. The molecule has 0 radical (unpaired) electrons. The molecule has 178 valence electrons. The maximum Gasteiger partial charge on any atom is 0.242 e. The highest BCUT2D eigenvalue weighted by Gasteiger charge is 2.21. The molecule has 34 heavy (non-hydrogen) atoms. The molecule has 0 aliphatic carbocycles. The fraction of sp³-hybridized carbons (Fsp3) is 0.333. The molecule has 2 amide bonds. The molecule has 0 saturated carbocycles. The average molecular weight is 486 g/mol. The van der Waals surface area contributed by atoms with E-state index in [0.717, 1.165) is 5.69 Å². The molecule has 0 bridgehead atoms. The number of halogens is 2. The van der Waals surface area contributed by atoms with E-state index in [1.54, 1.807) is 24.0 Å². The lowest BCUT2D eigenvalue weighted by atomic mass is 10.1. The predicted octanol–water partition coefficient (Wildman–Crippen LogP) is 3.24. The van der Waals surface area contributed by atoms with E-state index in [1.165, 1.54) is 6.07 Å². The fourth-order valence-electron chi connectivity index (χ4n) is 3.72. The first-order valence-electron chi connectivity index (χ1n) is 11.0. The minimum Gasteiger partial charge on any atom is -0.368 e. The molecular formula is C24H25ClFN5O3. The lowest BCUT2D eigenvalue weighted by Gasteiger charge is -2.36. The van der Waals surface area contributed by atoms with Crippen molar-refractivity contribution < 1.29 is 18.5 Å². The van der Waals surface area contributed by atoms with Gasteiger partial charge in [-0.2, -0.15) is 4.98 Å². The number of hydrogen-bond acceptors (Lipinski definition) is 6. The van der Waals surface area contributed by atoms with Crippen LogP contribution in [-0.4, -0.2) is 59.6 Å². The molecule has 3 aromatic rings. The van der Waals surface area contributed by atoms with Gasteiger partial charge >= 0.3 is 0 Å². The van der Waals surface area contributed by atoms with E-state index in [1.807, 2.05) is 24.3 Å². The summed E-state index contributed by atoms with van der Waals surface area (Å²) in [6, 6.07) is 12.2. The van der Waals surface area contributed by atoms with Crippen LogP contribution >= 0.6 is 11.6 Å². The second kappa shape index (κ2) is 10.6. The molecule has 0 unspecified atom stereocenters. The van der Waals surface area contributed by atoms with Crippen LogP contribution in [0, 0.1) is 12.7 Å². The van der Waals surface area contributed by atoms with Crippen molar-refractivity contribution in [2.75, 3.05) is 37.6 Å². The number of piperazine rings is 1. The monoisotopic (exact) mass is 485 g/mol. The molecule has 2 heterocycles. The van der Waals surface area contributed by atoms with Crippen LogP contribution in [0.25, 0.3) is 11.4 Å². The van der Waals surface area contributed by atoms with E-state index in [2.05, 4.69) is 20.4 Å². The zero-order valence-electron chi connectivity index (χ0n) is 18.8. The summed E-state index contributed by atoms with van der Waals surface area (Å²) in [5, 5.41) is 7.24. The highest BCUT2D eigenvalue weighted by molar-refractivity contribution is 6.30. The van der Waals surface area contributed by atoms with Crippen LogP contribution in [0.3, 0.4) is 0 Å². The van der Waals surface area contributed by atoms with Crippen LogP contribution in [0.2, 0.25) is 5.02 Å². The molecule has 0 spiro atoms. The summed E-state index contributed by atoms with van der Waals surface area (Å²) < 4.78 is 18.6. The SMILES string of the molecule is Cc1cc(-c2noc(CCC(=O)NCC(=O)N3CCN(c4ccc(Cl)cc4)CC3)n2)ccc1F. The van der Waals surface area contributed by atoms with E-state index in [0.29, 0.717) is 54.0 Å². The zero-order chi connectivity index (χ0) is 24.1. The quantitative estimate of drug-likeness (QED) is 0.552. The van der Waals surface area contributed by atoms with Crippen molar-refractivity contribution in [1.29, 1.82) is 0 Å². The summed E-state index contributed by atoms with van der Waals surface area (Å²) >= 11 is 5.94. The Morgan fingerprint density at radius 2 is 1.85 bits per heavy atom. The predicted molar refractivity (Wildman–Crippen MR) is 126 cm³/mol. The van der Waals surface area contributed by atoms with E-state index in [-0.39, 0.29) is 37.0 Å². The number of amides is 2. The summed E-state index contributed by atoms with van der Waals surface area (Å²) in [7, 11) is 0. The van der Waals surface area contributed by atoms with Gasteiger partial charge in [0.05, 0.1) is 6.54 Å². The number of benzene rings is 2. The summed E-state index contributed by atoms with van der Waals surface area (Å²) in [5.41, 5.74) is 2.20. The standard InChI is InChI=1S/C24H25ClFN5O3/c1-16-14-17(2-7-20(16)26)24-28-22(34-29-24)9-8-21(32)27-15-23(33)31-12-10-30(11-13-31)19-5-3-18(25)4-6-19/h2-7,14H,8-13,15H2,1H3,(H,27,32). The van der Waals surface area contributed by atoms with Gasteiger partial charge < -0.3 is 19.6 Å². The molecule has 1 aromatic heterocycles. The van der Waals surface area contributed by atoms with Crippen molar-refractivity contribution in [2.45, 2.75) is 19.8 Å². The van der Waals surface area contributed by atoms with Gasteiger partial charge in [-0.15, -0.1) is 0 Å². The topological polar surface area (TPSA) is 91.6 Å². The number of rotatable bonds is 7. The van der Waals surface area contributed by atoms with E-state index in [9.17, 15) is 14.0 Å². The maximum absolute atomic E-state index is 13.4. The Labute approximate surface area is 201 Å². The molecule has 1 N–H and O–H groups in total. The van der Waals surface area contributed by atoms with Crippen molar-refractivity contribution in [3.8, 4) is 11.4 Å². The molecule has 4 rings (SSSR count). The summed E-state index contributed by atoms with van der Waals surface area (Å²) in [6.45, 7) is 4.22. The number of anilines is 1. The summed E-state index contributed by atoms with van der Waals surface area (Å²) in [6.07, 6.45) is 0.356. The van der Waals surface area contributed by atoms with Gasteiger partial charge in [-0.05, 0) is 55.0 Å². The first-order chi connectivity index (χ1) is 16.4. The Morgan fingerprint density at radius 1 is 1.12 bits per heavy atom. The molecule has 10 heteroatoms. The summed E-state index contributed by atoms with van der Waals surface area (Å²) in [4.78, 5) is 32.9. The van der Waals surface area contributed by atoms with Gasteiger partial charge in [0.25, 0.3) is 0 Å². The lowest BCUT2D eigenvalue weighted by molar-refractivity contribution is -0.133. The Kier molecular flexibility index (Phi) is 7.42. The van der Waals surface area contributed by atoms with Crippen LogP contribution in [0.5, 0.6) is 0 Å². The number of nitrogens with zero attached hydrogens (tertiary/aromatic N) is 4. The van der Waals surface area contributed by atoms with Crippen LogP contribution in [0.1, 0.15) is 17.9 Å². The smallest absolute Gasteiger partial charge is 0.242 e. The van der Waals surface area contributed by atoms with Crippen molar-refractivity contribution in [2.24, 2.45) is 0 Å².